The highest BCUT2D eigenvalue weighted by Crippen LogP contribution is 2.15. The molecule has 0 radical (unpaired) electrons. The van der Waals surface area contributed by atoms with E-state index in [4.69, 9.17) is 0 Å². The van der Waals surface area contributed by atoms with Crippen LogP contribution in [-0.4, -0.2) is 37.0 Å². The number of aryl methyl sites for hydroxylation is 1. The van der Waals surface area contributed by atoms with Crippen molar-refractivity contribution in [3.63, 3.8) is 0 Å². The Morgan fingerprint density at radius 2 is 2.10 bits per heavy atom. The summed E-state index contributed by atoms with van der Waals surface area (Å²) in [5.74, 6) is 0.780. The summed E-state index contributed by atoms with van der Waals surface area (Å²) in [5, 5.41) is 3.43. The highest BCUT2D eigenvalue weighted by Gasteiger charge is 2.21. The van der Waals surface area contributed by atoms with Gasteiger partial charge in [0.2, 0.25) is 0 Å². The number of nitrogens with one attached hydrogen (secondary N) is 1. The Hall–Kier alpha value is -1.35. The fourth-order valence-corrected chi connectivity index (χ4v) is 2.82. The number of carbonyl (C=O) groups is 1. The molecule has 1 amide bonds. The first-order chi connectivity index (χ1) is 9.70. The SMILES string of the molecule is CCCN(CC1CCCNC1)C(=O)c1ccc(C)cc1. The number of carbonyl (C=O) groups excluding carboxylic acids is 1. The minimum absolute atomic E-state index is 0.178. The average Bonchev–Trinajstić information content (AvgIpc) is 2.48. The third-order valence-corrected chi connectivity index (χ3v) is 3.96. The zero-order chi connectivity index (χ0) is 14.4. The number of hydrogen-bond acceptors (Lipinski definition) is 2. The summed E-state index contributed by atoms with van der Waals surface area (Å²) in [6, 6.07) is 7.91. The number of benzene rings is 1. The average molecular weight is 274 g/mol. The molecule has 1 aliphatic heterocycles. The normalized spacial score (nSPS) is 18.8. The molecule has 0 spiro atoms. The number of rotatable bonds is 5. The summed E-state index contributed by atoms with van der Waals surface area (Å²) in [6.07, 6.45) is 3.47. The summed E-state index contributed by atoms with van der Waals surface area (Å²) in [4.78, 5) is 14.7. The zero-order valence-corrected chi connectivity index (χ0v) is 12.7. The molecule has 3 nitrogen and oxygen atoms in total. The lowest BCUT2D eigenvalue weighted by molar-refractivity contribution is 0.0719. The van der Waals surface area contributed by atoms with Crippen molar-refractivity contribution in [1.82, 2.24) is 10.2 Å². The van der Waals surface area contributed by atoms with Crippen LogP contribution < -0.4 is 5.32 Å². The van der Waals surface area contributed by atoms with Crippen LogP contribution in [0.4, 0.5) is 0 Å². The fourth-order valence-electron chi connectivity index (χ4n) is 2.82. The van der Waals surface area contributed by atoms with Crippen LogP contribution in [0, 0.1) is 12.8 Å². The fraction of sp³-hybridized carbons (Fsp3) is 0.588. The molecular weight excluding hydrogens is 248 g/mol. The minimum Gasteiger partial charge on any atom is -0.338 e. The van der Waals surface area contributed by atoms with Gasteiger partial charge in [0, 0.05) is 18.7 Å². The highest BCUT2D eigenvalue weighted by molar-refractivity contribution is 5.94. The third-order valence-electron chi connectivity index (χ3n) is 3.96. The van der Waals surface area contributed by atoms with Gasteiger partial charge in [-0.15, -0.1) is 0 Å². The molecule has 2 rings (SSSR count). The van der Waals surface area contributed by atoms with Gasteiger partial charge in [-0.3, -0.25) is 4.79 Å². The van der Waals surface area contributed by atoms with Gasteiger partial charge in [0.1, 0.15) is 0 Å². The van der Waals surface area contributed by atoms with Crippen LogP contribution in [0.1, 0.15) is 42.1 Å². The zero-order valence-electron chi connectivity index (χ0n) is 12.7. The first kappa shape index (κ1) is 15.0. The van der Waals surface area contributed by atoms with Crippen LogP contribution in [0.25, 0.3) is 0 Å². The summed E-state index contributed by atoms with van der Waals surface area (Å²) in [7, 11) is 0. The van der Waals surface area contributed by atoms with Crippen molar-refractivity contribution >= 4 is 5.91 Å². The molecule has 1 atom stereocenters. The van der Waals surface area contributed by atoms with E-state index >= 15 is 0 Å². The van der Waals surface area contributed by atoms with Gasteiger partial charge in [-0.2, -0.15) is 0 Å². The van der Waals surface area contributed by atoms with Gasteiger partial charge in [-0.1, -0.05) is 24.6 Å². The van der Waals surface area contributed by atoms with Gasteiger partial charge >= 0.3 is 0 Å². The molecule has 110 valence electrons. The molecule has 1 N–H and O–H groups in total. The Bertz CT molecular complexity index is 421. The van der Waals surface area contributed by atoms with E-state index in [1.54, 1.807) is 0 Å². The summed E-state index contributed by atoms with van der Waals surface area (Å²) in [6.45, 7) is 8.08. The molecule has 1 heterocycles. The Kier molecular flexibility index (Phi) is 5.60. The maximum absolute atomic E-state index is 12.6. The monoisotopic (exact) mass is 274 g/mol. The van der Waals surface area contributed by atoms with Gasteiger partial charge in [-0.25, -0.2) is 0 Å². The first-order valence-corrected chi connectivity index (χ1v) is 7.77. The smallest absolute Gasteiger partial charge is 0.253 e. The predicted octanol–water partition coefficient (Wildman–Crippen LogP) is 2.85. The molecular formula is C17H26N2O. The van der Waals surface area contributed by atoms with E-state index in [1.807, 2.05) is 36.1 Å². The molecule has 1 fully saturated rings. The van der Waals surface area contributed by atoms with Crippen molar-refractivity contribution in [3.8, 4) is 0 Å². The largest absolute Gasteiger partial charge is 0.338 e. The Morgan fingerprint density at radius 1 is 1.35 bits per heavy atom. The lowest BCUT2D eigenvalue weighted by Gasteiger charge is -2.30. The molecule has 1 unspecified atom stereocenters. The van der Waals surface area contributed by atoms with E-state index in [-0.39, 0.29) is 5.91 Å². The van der Waals surface area contributed by atoms with Crippen LogP contribution in [0.2, 0.25) is 0 Å². The van der Waals surface area contributed by atoms with E-state index in [0.717, 1.165) is 38.2 Å². The second-order valence-electron chi connectivity index (χ2n) is 5.83. The second kappa shape index (κ2) is 7.44. The number of nitrogens with zero attached hydrogens (tertiary/aromatic N) is 1. The maximum atomic E-state index is 12.6. The van der Waals surface area contributed by atoms with Crippen molar-refractivity contribution < 1.29 is 4.79 Å². The molecule has 0 aromatic heterocycles. The minimum atomic E-state index is 0.178. The van der Waals surface area contributed by atoms with Crippen LogP contribution >= 0.6 is 0 Å². The lowest BCUT2D eigenvalue weighted by atomic mass is 9.98. The number of hydrogen-bond donors (Lipinski definition) is 1. The van der Waals surface area contributed by atoms with E-state index in [9.17, 15) is 4.79 Å². The van der Waals surface area contributed by atoms with E-state index < -0.39 is 0 Å². The molecule has 20 heavy (non-hydrogen) atoms. The summed E-state index contributed by atoms with van der Waals surface area (Å²) in [5.41, 5.74) is 2.01. The topological polar surface area (TPSA) is 32.3 Å². The number of piperidine rings is 1. The predicted molar refractivity (Wildman–Crippen MR) is 83.0 cm³/mol. The van der Waals surface area contributed by atoms with E-state index in [1.165, 1.54) is 18.4 Å². The molecule has 0 saturated carbocycles. The van der Waals surface area contributed by atoms with Gasteiger partial charge in [0.05, 0.1) is 0 Å². The van der Waals surface area contributed by atoms with Crippen LogP contribution in [-0.2, 0) is 0 Å². The molecule has 1 saturated heterocycles. The van der Waals surface area contributed by atoms with Crippen molar-refractivity contribution in [2.24, 2.45) is 5.92 Å². The Morgan fingerprint density at radius 3 is 2.70 bits per heavy atom. The van der Waals surface area contributed by atoms with Crippen LogP contribution in [0.15, 0.2) is 24.3 Å². The quantitative estimate of drug-likeness (QED) is 0.895. The van der Waals surface area contributed by atoms with Crippen molar-refractivity contribution in [3.05, 3.63) is 35.4 Å². The van der Waals surface area contributed by atoms with Crippen molar-refractivity contribution in [2.45, 2.75) is 33.1 Å². The van der Waals surface area contributed by atoms with Gasteiger partial charge < -0.3 is 10.2 Å². The number of amides is 1. The summed E-state index contributed by atoms with van der Waals surface area (Å²) >= 11 is 0. The van der Waals surface area contributed by atoms with Gasteiger partial charge in [0.25, 0.3) is 5.91 Å². The molecule has 1 aromatic carbocycles. The van der Waals surface area contributed by atoms with Crippen LogP contribution in [0.3, 0.4) is 0 Å². The Balaban J connectivity index is 2.02. The third kappa shape index (κ3) is 4.07. The molecule has 3 heteroatoms. The van der Waals surface area contributed by atoms with Crippen molar-refractivity contribution in [2.75, 3.05) is 26.2 Å². The second-order valence-corrected chi connectivity index (χ2v) is 5.83. The van der Waals surface area contributed by atoms with E-state index in [2.05, 4.69) is 12.2 Å². The molecule has 0 aliphatic carbocycles. The van der Waals surface area contributed by atoms with Gasteiger partial charge in [0.15, 0.2) is 0 Å². The van der Waals surface area contributed by atoms with Crippen LogP contribution in [0.5, 0.6) is 0 Å². The molecule has 1 aliphatic rings. The maximum Gasteiger partial charge on any atom is 0.253 e. The molecule has 1 aromatic rings. The van der Waals surface area contributed by atoms with E-state index in [0.29, 0.717) is 5.92 Å². The lowest BCUT2D eigenvalue weighted by Crippen LogP contribution is -2.41. The molecule has 0 bridgehead atoms. The first-order valence-electron chi connectivity index (χ1n) is 7.77. The van der Waals surface area contributed by atoms with Gasteiger partial charge in [-0.05, 0) is 57.3 Å². The summed E-state index contributed by atoms with van der Waals surface area (Å²) < 4.78 is 0. The highest BCUT2D eigenvalue weighted by atomic mass is 16.2. The Labute approximate surface area is 122 Å². The van der Waals surface area contributed by atoms with Crippen molar-refractivity contribution in [1.29, 1.82) is 0 Å². The standard InChI is InChI=1S/C17H26N2O/c1-3-11-19(13-15-5-4-10-18-12-15)17(20)16-8-6-14(2)7-9-16/h6-9,15,18H,3-5,10-13H2,1-2H3.